The van der Waals surface area contributed by atoms with Crippen LogP contribution in [0.4, 0.5) is 20.4 Å². The molecule has 2 aromatic rings. The minimum absolute atomic E-state index is 0.142. The third-order valence-corrected chi connectivity index (χ3v) is 5.97. The van der Waals surface area contributed by atoms with Crippen LogP contribution in [0.15, 0.2) is 35.8 Å². The van der Waals surface area contributed by atoms with Gasteiger partial charge in [0, 0.05) is 35.7 Å². The van der Waals surface area contributed by atoms with Crippen LogP contribution < -0.4 is 9.80 Å². The number of anilines is 2. The first kappa shape index (κ1) is 21.1. The number of nitrogens with zero attached hydrogens (tertiary/aromatic N) is 4. The predicted octanol–water partition coefficient (Wildman–Crippen LogP) is 4.82. The Balaban J connectivity index is 1.46. The monoisotopic (exact) mass is 440 g/mol. The standard InChI is InChI=1S/C22H24N4O4S/c1-21(2,3)30-20(28)26(18-24-11-12-31-18)14-17-13-25(19(27)29-17)16-7-5-15(6-8-16)22(23-4)9-10-22/h5-8,11-12,17H,9-10,13-14H2,1-3H3/t17-/m1/s1. The van der Waals surface area contributed by atoms with Crippen LogP contribution in [0.5, 0.6) is 0 Å². The number of rotatable bonds is 5. The average molecular weight is 441 g/mol. The van der Waals surface area contributed by atoms with E-state index in [2.05, 4.69) is 9.83 Å². The summed E-state index contributed by atoms with van der Waals surface area (Å²) in [7, 11) is 0. The van der Waals surface area contributed by atoms with Gasteiger partial charge in [0.05, 0.1) is 13.1 Å². The van der Waals surface area contributed by atoms with Gasteiger partial charge in [-0.25, -0.2) is 26.0 Å². The number of carbonyl (C=O) groups excluding carboxylic acids is 2. The average Bonchev–Trinajstić information content (AvgIpc) is 3.15. The molecule has 1 saturated carbocycles. The molecule has 1 aromatic heterocycles. The first-order valence-corrected chi connectivity index (χ1v) is 11.0. The summed E-state index contributed by atoms with van der Waals surface area (Å²) < 4.78 is 11.0. The van der Waals surface area contributed by atoms with Gasteiger partial charge < -0.3 is 14.3 Å². The van der Waals surface area contributed by atoms with Gasteiger partial charge in [0.25, 0.3) is 5.54 Å². The molecule has 8 nitrogen and oxygen atoms in total. The van der Waals surface area contributed by atoms with Crippen molar-refractivity contribution in [3.8, 4) is 0 Å². The van der Waals surface area contributed by atoms with Crippen molar-refractivity contribution in [3.05, 3.63) is 52.8 Å². The summed E-state index contributed by atoms with van der Waals surface area (Å²) in [6.07, 6.45) is 1.84. The fraction of sp³-hybridized carbons (Fsp3) is 0.455. The van der Waals surface area contributed by atoms with Crippen LogP contribution in [-0.4, -0.2) is 42.0 Å². The number of thiazole rings is 1. The summed E-state index contributed by atoms with van der Waals surface area (Å²) in [5.74, 6) is 0. The first-order chi connectivity index (χ1) is 14.7. The largest absolute Gasteiger partial charge is 0.443 e. The molecule has 9 heteroatoms. The molecule has 0 bridgehead atoms. The fourth-order valence-corrected chi connectivity index (χ4v) is 4.10. The van der Waals surface area contributed by atoms with Crippen molar-refractivity contribution in [2.75, 3.05) is 22.9 Å². The normalized spacial score (nSPS) is 19.5. The van der Waals surface area contributed by atoms with Crippen LogP contribution >= 0.6 is 11.3 Å². The van der Waals surface area contributed by atoms with Crippen LogP contribution in [0.25, 0.3) is 4.85 Å². The van der Waals surface area contributed by atoms with E-state index in [1.165, 1.54) is 16.2 Å². The highest BCUT2D eigenvalue weighted by molar-refractivity contribution is 7.13. The van der Waals surface area contributed by atoms with Gasteiger partial charge in [-0.2, -0.15) is 0 Å². The lowest BCUT2D eigenvalue weighted by Gasteiger charge is -2.26. The first-order valence-electron chi connectivity index (χ1n) is 10.1. The van der Waals surface area contributed by atoms with Gasteiger partial charge in [-0.05, 0) is 45.0 Å². The predicted molar refractivity (Wildman–Crippen MR) is 117 cm³/mol. The number of benzene rings is 1. The molecule has 2 fully saturated rings. The molecule has 0 N–H and O–H groups in total. The molecule has 162 valence electrons. The van der Waals surface area contributed by atoms with Crippen molar-refractivity contribution in [2.45, 2.75) is 50.9 Å². The number of ether oxygens (including phenoxy) is 2. The second kappa shape index (κ2) is 7.85. The number of amides is 2. The van der Waals surface area contributed by atoms with Gasteiger partial charge in [0.1, 0.15) is 11.7 Å². The van der Waals surface area contributed by atoms with Crippen LogP contribution in [0.3, 0.4) is 0 Å². The quantitative estimate of drug-likeness (QED) is 0.623. The maximum Gasteiger partial charge on any atom is 0.416 e. The molecule has 2 aliphatic rings. The van der Waals surface area contributed by atoms with Crippen LogP contribution in [0, 0.1) is 6.57 Å². The third kappa shape index (κ3) is 4.49. The molecule has 4 rings (SSSR count). The minimum Gasteiger partial charge on any atom is -0.443 e. The summed E-state index contributed by atoms with van der Waals surface area (Å²) in [4.78, 5) is 36.2. The second-order valence-electron chi connectivity index (χ2n) is 8.71. The summed E-state index contributed by atoms with van der Waals surface area (Å²) in [5.41, 5.74) is 0.649. The maximum absolute atomic E-state index is 12.7. The van der Waals surface area contributed by atoms with E-state index in [9.17, 15) is 9.59 Å². The van der Waals surface area contributed by atoms with E-state index in [0.717, 1.165) is 18.4 Å². The smallest absolute Gasteiger partial charge is 0.416 e. The van der Waals surface area contributed by atoms with E-state index in [1.54, 1.807) is 37.2 Å². The van der Waals surface area contributed by atoms with E-state index >= 15 is 0 Å². The van der Waals surface area contributed by atoms with E-state index in [1.807, 2.05) is 24.3 Å². The van der Waals surface area contributed by atoms with E-state index in [4.69, 9.17) is 16.0 Å². The fourth-order valence-electron chi connectivity index (χ4n) is 3.46. The molecule has 2 heterocycles. The Morgan fingerprint density at radius 3 is 2.65 bits per heavy atom. The van der Waals surface area contributed by atoms with Crippen LogP contribution in [-0.2, 0) is 15.0 Å². The van der Waals surface area contributed by atoms with Gasteiger partial charge >= 0.3 is 12.2 Å². The number of hydrogen-bond donors (Lipinski definition) is 0. The zero-order chi connectivity index (χ0) is 22.2. The second-order valence-corrected chi connectivity index (χ2v) is 9.59. The summed E-state index contributed by atoms with van der Waals surface area (Å²) in [6.45, 7) is 13.2. The van der Waals surface area contributed by atoms with Crippen molar-refractivity contribution >= 4 is 34.3 Å². The highest BCUT2D eigenvalue weighted by Crippen LogP contribution is 2.49. The highest BCUT2D eigenvalue weighted by atomic mass is 32.1. The summed E-state index contributed by atoms with van der Waals surface area (Å²) >= 11 is 1.31. The van der Waals surface area contributed by atoms with Crippen molar-refractivity contribution in [1.82, 2.24) is 4.98 Å². The van der Waals surface area contributed by atoms with Crippen molar-refractivity contribution in [1.29, 1.82) is 0 Å². The van der Waals surface area contributed by atoms with Crippen molar-refractivity contribution in [2.24, 2.45) is 0 Å². The molecule has 1 aliphatic heterocycles. The highest BCUT2D eigenvalue weighted by Gasteiger charge is 2.52. The Morgan fingerprint density at radius 2 is 2.10 bits per heavy atom. The number of hydrogen-bond acceptors (Lipinski definition) is 6. The van der Waals surface area contributed by atoms with E-state index in [-0.39, 0.29) is 12.1 Å². The van der Waals surface area contributed by atoms with Gasteiger partial charge in [-0.3, -0.25) is 4.90 Å². The number of carbonyl (C=O) groups is 2. The zero-order valence-corrected chi connectivity index (χ0v) is 18.5. The van der Waals surface area contributed by atoms with Crippen molar-refractivity contribution in [3.63, 3.8) is 0 Å². The van der Waals surface area contributed by atoms with Gasteiger partial charge in [-0.15, -0.1) is 11.3 Å². The molecule has 0 spiro atoms. The molecule has 1 atom stereocenters. The number of cyclic esters (lactones) is 1. The van der Waals surface area contributed by atoms with Gasteiger partial charge in [-0.1, -0.05) is 0 Å². The Kier molecular flexibility index (Phi) is 5.35. The molecular weight excluding hydrogens is 416 g/mol. The SMILES string of the molecule is [C-]#[N+]C1(c2ccc(N3C[C@H](CN(C(=O)OC(C)(C)C)c4nccs4)OC3=O)cc2)CC1. The topological polar surface area (TPSA) is 76.3 Å². The molecule has 0 radical (unpaired) electrons. The third-order valence-electron chi connectivity index (χ3n) is 5.18. The Labute approximate surface area is 185 Å². The zero-order valence-electron chi connectivity index (χ0n) is 17.7. The van der Waals surface area contributed by atoms with Crippen LogP contribution in [0.1, 0.15) is 39.2 Å². The summed E-state index contributed by atoms with van der Waals surface area (Å²) in [6, 6.07) is 7.50. The Morgan fingerprint density at radius 1 is 1.39 bits per heavy atom. The van der Waals surface area contributed by atoms with Crippen LogP contribution in [0.2, 0.25) is 0 Å². The maximum atomic E-state index is 12.7. The summed E-state index contributed by atoms with van der Waals surface area (Å²) in [5, 5.41) is 2.26. The molecule has 2 amide bonds. The molecule has 0 unspecified atom stereocenters. The van der Waals surface area contributed by atoms with E-state index < -0.39 is 23.9 Å². The molecule has 1 aliphatic carbocycles. The molecule has 1 saturated heterocycles. The Hall–Kier alpha value is -3.12. The minimum atomic E-state index is -0.656. The van der Waals surface area contributed by atoms with Gasteiger partial charge in [0.15, 0.2) is 5.13 Å². The molecule has 31 heavy (non-hydrogen) atoms. The lowest BCUT2D eigenvalue weighted by atomic mass is 10.1. The molecule has 1 aromatic carbocycles. The Bertz CT molecular complexity index is 1000. The van der Waals surface area contributed by atoms with Crippen molar-refractivity contribution < 1.29 is 19.1 Å². The molecular formula is C22H24N4O4S. The lowest BCUT2D eigenvalue weighted by Crippen LogP contribution is -2.42. The van der Waals surface area contributed by atoms with E-state index in [0.29, 0.717) is 17.4 Å². The lowest BCUT2D eigenvalue weighted by molar-refractivity contribution is 0.0558. The van der Waals surface area contributed by atoms with Gasteiger partial charge in [0.2, 0.25) is 0 Å². The number of aromatic nitrogens is 1.